The van der Waals surface area contributed by atoms with Gasteiger partial charge >= 0.3 is 0 Å². The van der Waals surface area contributed by atoms with E-state index in [1.54, 1.807) is 6.92 Å². The van der Waals surface area contributed by atoms with Crippen LogP contribution in [-0.2, 0) is 10.3 Å². The molecule has 1 aromatic rings. The number of hydrogen-bond donors (Lipinski definition) is 2. The highest BCUT2D eigenvalue weighted by Crippen LogP contribution is 2.22. The van der Waals surface area contributed by atoms with Gasteiger partial charge in [0, 0.05) is 4.47 Å². The van der Waals surface area contributed by atoms with Crippen molar-refractivity contribution < 1.29 is 4.79 Å². The van der Waals surface area contributed by atoms with E-state index in [0.29, 0.717) is 0 Å². The van der Waals surface area contributed by atoms with Crippen molar-refractivity contribution in [3.63, 3.8) is 0 Å². The molecule has 1 aromatic carbocycles. The Labute approximate surface area is 105 Å². The number of benzene rings is 1. The van der Waals surface area contributed by atoms with E-state index in [4.69, 9.17) is 5.73 Å². The minimum Gasteiger partial charge on any atom is -0.346 e. The van der Waals surface area contributed by atoms with Gasteiger partial charge in [-0.3, -0.25) is 4.79 Å². The summed E-state index contributed by atoms with van der Waals surface area (Å²) < 4.78 is 1.02. The summed E-state index contributed by atoms with van der Waals surface area (Å²) >= 11 is 3.38. The molecule has 88 valence electrons. The molecule has 0 aromatic heterocycles. The van der Waals surface area contributed by atoms with Gasteiger partial charge in [-0.15, -0.1) is 0 Å². The third-order valence-corrected chi connectivity index (χ3v) is 2.94. The molecule has 0 saturated carbocycles. The Bertz CT molecular complexity index is 371. The summed E-state index contributed by atoms with van der Waals surface area (Å²) in [4.78, 5) is 11.6. The molecule has 3 N–H and O–H groups in total. The fourth-order valence-electron chi connectivity index (χ4n) is 1.36. The maximum absolute atomic E-state index is 11.6. The highest BCUT2D eigenvalue weighted by atomic mass is 79.9. The monoisotopic (exact) mass is 284 g/mol. The molecule has 0 aliphatic rings. The lowest BCUT2D eigenvalue weighted by Gasteiger charge is -2.28. The van der Waals surface area contributed by atoms with Gasteiger partial charge in [0.15, 0.2) is 0 Å². The Morgan fingerprint density at radius 2 is 1.88 bits per heavy atom. The van der Waals surface area contributed by atoms with Gasteiger partial charge < -0.3 is 11.1 Å². The van der Waals surface area contributed by atoms with E-state index in [1.807, 2.05) is 38.1 Å². The van der Waals surface area contributed by atoms with Gasteiger partial charge in [0.25, 0.3) is 0 Å². The fraction of sp³-hybridized carbons (Fsp3) is 0.417. The summed E-state index contributed by atoms with van der Waals surface area (Å²) in [5.74, 6) is -0.145. The zero-order chi connectivity index (χ0) is 12.3. The van der Waals surface area contributed by atoms with Crippen LogP contribution in [0.5, 0.6) is 0 Å². The molecule has 4 heteroatoms. The van der Waals surface area contributed by atoms with Crippen LogP contribution in [0, 0.1) is 0 Å². The molecule has 3 nitrogen and oxygen atoms in total. The van der Waals surface area contributed by atoms with Crippen LogP contribution in [0.2, 0.25) is 0 Å². The number of hydrogen-bond acceptors (Lipinski definition) is 2. The Morgan fingerprint density at radius 1 is 1.38 bits per heavy atom. The predicted molar refractivity (Wildman–Crippen MR) is 69.0 cm³/mol. The third-order valence-electron chi connectivity index (χ3n) is 2.42. The van der Waals surface area contributed by atoms with Crippen molar-refractivity contribution in [2.75, 3.05) is 0 Å². The average Bonchev–Trinajstić information content (AvgIpc) is 2.17. The van der Waals surface area contributed by atoms with Gasteiger partial charge in [0.2, 0.25) is 5.91 Å². The van der Waals surface area contributed by atoms with E-state index in [2.05, 4.69) is 21.2 Å². The van der Waals surface area contributed by atoms with Crippen LogP contribution in [0.1, 0.15) is 26.3 Å². The van der Waals surface area contributed by atoms with Crippen LogP contribution in [0.4, 0.5) is 0 Å². The van der Waals surface area contributed by atoms with E-state index in [1.165, 1.54) is 0 Å². The van der Waals surface area contributed by atoms with Crippen LogP contribution in [-0.4, -0.2) is 11.9 Å². The predicted octanol–water partition coefficient (Wildman–Crippen LogP) is 2.15. The van der Waals surface area contributed by atoms with Gasteiger partial charge in [0.1, 0.15) is 0 Å². The van der Waals surface area contributed by atoms with Crippen molar-refractivity contribution in [1.29, 1.82) is 0 Å². The van der Waals surface area contributed by atoms with Gasteiger partial charge in [0.05, 0.1) is 11.6 Å². The maximum Gasteiger partial charge on any atom is 0.237 e. The quantitative estimate of drug-likeness (QED) is 0.894. The molecule has 0 heterocycles. The lowest BCUT2D eigenvalue weighted by atomic mass is 9.94. The summed E-state index contributed by atoms with van der Waals surface area (Å²) in [5.41, 5.74) is 6.16. The van der Waals surface area contributed by atoms with Crippen LogP contribution in [0.3, 0.4) is 0 Å². The zero-order valence-electron chi connectivity index (χ0n) is 9.75. The largest absolute Gasteiger partial charge is 0.346 e. The molecule has 0 aliphatic carbocycles. The Kier molecular flexibility index (Phi) is 4.10. The van der Waals surface area contributed by atoms with E-state index < -0.39 is 11.6 Å². The van der Waals surface area contributed by atoms with Crippen LogP contribution in [0.15, 0.2) is 28.7 Å². The second-order valence-corrected chi connectivity index (χ2v) is 5.33. The van der Waals surface area contributed by atoms with E-state index >= 15 is 0 Å². The third kappa shape index (κ3) is 3.32. The van der Waals surface area contributed by atoms with E-state index in [-0.39, 0.29) is 5.91 Å². The Balaban J connectivity index is 2.85. The molecular formula is C12H17BrN2O. The number of nitrogens with two attached hydrogens (primary N) is 1. The fourth-order valence-corrected chi connectivity index (χ4v) is 1.62. The van der Waals surface area contributed by atoms with Crippen molar-refractivity contribution in [2.45, 2.75) is 32.4 Å². The SMILES string of the molecule is CC(N)C(=O)NC(C)(C)c1ccc(Br)cc1. The number of carbonyl (C=O) groups is 1. The lowest BCUT2D eigenvalue weighted by Crippen LogP contribution is -2.47. The van der Waals surface area contributed by atoms with Gasteiger partial charge in [-0.25, -0.2) is 0 Å². The molecule has 0 saturated heterocycles. The van der Waals surface area contributed by atoms with Crippen LogP contribution >= 0.6 is 15.9 Å². The first kappa shape index (κ1) is 13.2. The lowest BCUT2D eigenvalue weighted by molar-refractivity contribution is -0.123. The summed E-state index contributed by atoms with van der Waals surface area (Å²) in [6, 6.07) is 7.37. The highest BCUT2D eigenvalue weighted by Gasteiger charge is 2.23. The number of nitrogens with one attached hydrogen (secondary N) is 1. The highest BCUT2D eigenvalue weighted by molar-refractivity contribution is 9.10. The molecule has 0 bridgehead atoms. The molecule has 1 atom stereocenters. The van der Waals surface area contributed by atoms with Crippen LogP contribution < -0.4 is 11.1 Å². The zero-order valence-corrected chi connectivity index (χ0v) is 11.3. The van der Waals surface area contributed by atoms with E-state index in [0.717, 1.165) is 10.0 Å². The summed E-state index contributed by atoms with van der Waals surface area (Å²) in [7, 11) is 0. The minimum atomic E-state index is -0.491. The summed E-state index contributed by atoms with van der Waals surface area (Å²) in [5, 5.41) is 2.91. The van der Waals surface area contributed by atoms with Gasteiger partial charge in [-0.1, -0.05) is 28.1 Å². The van der Waals surface area contributed by atoms with Crippen molar-refractivity contribution >= 4 is 21.8 Å². The van der Waals surface area contributed by atoms with Crippen molar-refractivity contribution in [1.82, 2.24) is 5.32 Å². The topological polar surface area (TPSA) is 55.1 Å². The summed E-state index contributed by atoms with van der Waals surface area (Å²) in [6.07, 6.45) is 0. The Hall–Kier alpha value is -0.870. The maximum atomic E-state index is 11.6. The van der Waals surface area contributed by atoms with Gasteiger partial charge in [-0.2, -0.15) is 0 Å². The number of amides is 1. The van der Waals surface area contributed by atoms with Crippen molar-refractivity contribution in [2.24, 2.45) is 5.73 Å². The number of carbonyl (C=O) groups excluding carboxylic acids is 1. The first-order chi connectivity index (χ1) is 7.33. The first-order valence-electron chi connectivity index (χ1n) is 5.16. The first-order valence-corrected chi connectivity index (χ1v) is 5.96. The number of halogens is 1. The molecule has 1 rings (SSSR count). The normalized spacial score (nSPS) is 13.3. The second kappa shape index (κ2) is 4.97. The molecular weight excluding hydrogens is 268 g/mol. The van der Waals surface area contributed by atoms with E-state index in [9.17, 15) is 4.79 Å². The standard InChI is InChI=1S/C12H17BrN2O/c1-8(14)11(16)15-12(2,3)9-4-6-10(13)7-5-9/h4-8H,14H2,1-3H3,(H,15,16). The van der Waals surface area contributed by atoms with Crippen LogP contribution in [0.25, 0.3) is 0 Å². The molecule has 0 aliphatic heterocycles. The molecule has 0 fully saturated rings. The molecule has 0 spiro atoms. The summed E-state index contributed by atoms with van der Waals surface area (Å²) in [6.45, 7) is 5.58. The van der Waals surface area contributed by atoms with Crippen molar-refractivity contribution in [3.8, 4) is 0 Å². The van der Waals surface area contributed by atoms with Gasteiger partial charge in [-0.05, 0) is 38.5 Å². The molecule has 0 radical (unpaired) electrons. The molecule has 16 heavy (non-hydrogen) atoms. The smallest absolute Gasteiger partial charge is 0.237 e. The second-order valence-electron chi connectivity index (χ2n) is 4.41. The van der Waals surface area contributed by atoms with Crippen molar-refractivity contribution in [3.05, 3.63) is 34.3 Å². The molecule has 1 amide bonds. The average molecular weight is 285 g/mol. The number of rotatable bonds is 3. The Morgan fingerprint density at radius 3 is 2.31 bits per heavy atom. The molecule has 1 unspecified atom stereocenters. The minimum absolute atomic E-state index is 0.145.